The molecule has 0 aliphatic rings. The number of likely N-dealkylation sites (N-methyl/N-ethyl adjacent to an activating group) is 2. The second-order valence-corrected chi connectivity index (χ2v) is 4.09. The van der Waals surface area contributed by atoms with Crippen LogP contribution in [0.5, 0.6) is 5.75 Å². The van der Waals surface area contributed by atoms with Crippen LogP contribution in [0.4, 0.5) is 5.69 Å². The number of carbonyl (C=O) groups excluding carboxylic acids is 1. The number of anilines is 1. The predicted octanol–water partition coefficient (Wildman–Crippen LogP) is 1.83. The zero-order chi connectivity index (χ0) is 13.5. The van der Waals surface area contributed by atoms with E-state index < -0.39 is 0 Å². The van der Waals surface area contributed by atoms with Crippen molar-refractivity contribution in [3.05, 3.63) is 23.8 Å². The van der Waals surface area contributed by atoms with Gasteiger partial charge in [-0.05, 0) is 30.7 Å². The van der Waals surface area contributed by atoms with E-state index in [4.69, 9.17) is 4.74 Å². The van der Waals surface area contributed by atoms with Crippen LogP contribution in [0.2, 0.25) is 0 Å². The molecule has 100 valence electrons. The molecule has 0 bridgehead atoms. The summed E-state index contributed by atoms with van der Waals surface area (Å²) < 4.78 is 5.31. The summed E-state index contributed by atoms with van der Waals surface area (Å²) in [6, 6.07) is 5.93. The fourth-order valence-electron chi connectivity index (χ4n) is 1.70. The van der Waals surface area contributed by atoms with E-state index in [9.17, 15) is 4.79 Å². The van der Waals surface area contributed by atoms with Crippen LogP contribution in [-0.4, -0.2) is 33.2 Å². The lowest BCUT2D eigenvalue weighted by Crippen LogP contribution is -2.35. The van der Waals surface area contributed by atoms with Crippen molar-refractivity contribution in [3.63, 3.8) is 0 Å². The molecular formula is C14H22N2O2. The largest absolute Gasteiger partial charge is 0.495 e. The number of ether oxygens (including phenoxy) is 1. The molecule has 4 nitrogen and oxygen atoms in total. The number of aryl methyl sites for hydroxylation is 1. The van der Waals surface area contributed by atoms with Gasteiger partial charge in [-0.3, -0.25) is 4.79 Å². The first-order chi connectivity index (χ1) is 8.63. The maximum atomic E-state index is 12.0. The minimum absolute atomic E-state index is 0.0309. The Kier molecular flexibility index (Phi) is 5.65. The summed E-state index contributed by atoms with van der Waals surface area (Å²) in [5.74, 6) is 0.753. The average Bonchev–Trinajstić information content (AvgIpc) is 2.43. The van der Waals surface area contributed by atoms with Crippen LogP contribution < -0.4 is 15.0 Å². The number of nitrogens with zero attached hydrogens (tertiary/aromatic N) is 1. The molecule has 1 rings (SSSR count). The molecular weight excluding hydrogens is 228 g/mol. The van der Waals surface area contributed by atoms with Gasteiger partial charge < -0.3 is 15.0 Å². The van der Waals surface area contributed by atoms with Crippen molar-refractivity contribution in [1.29, 1.82) is 0 Å². The fourth-order valence-corrected chi connectivity index (χ4v) is 1.70. The number of rotatable bonds is 6. The predicted molar refractivity (Wildman–Crippen MR) is 74.3 cm³/mol. The minimum Gasteiger partial charge on any atom is -0.495 e. The van der Waals surface area contributed by atoms with E-state index in [-0.39, 0.29) is 5.91 Å². The summed E-state index contributed by atoms with van der Waals surface area (Å²) in [5.41, 5.74) is 2.01. The molecule has 0 unspecified atom stereocenters. The molecule has 0 radical (unpaired) electrons. The van der Waals surface area contributed by atoms with E-state index in [1.807, 2.05) is 25.1 Å². The zero-order valence-electron chi connectivity index (χ0n) is 11.6. The first-order valence-electron chi connectivity index (χ1n) is 6.28. The van der Waals surface area contributed by atoms with Gasteiger partial charge in [0.1, 0.15) is 5.75 Å². The first kappa shape index (κ1) is 14.5. The highest BCUT2D eigenvalue weighted by Gasteiger charge is 2.15. The number of methoxy groups -OCH3 is 1. The van der Waals surface area contributed by atoms with Crippen molar-refractivity contribution in [3.8, 4) is 5.75 Å². The molecule has 0 saturated carbocycles. The van der Waals surface area contributed by atoms with Crippen LogP contribution in [0.1, 0.15) is 19.4 Å². The number of amides is 1. The molecule has 1 amide bonds. The third-order valence-corrected chi connectivity index (χ3v) is 2.91. The Bertz CT molecular complexity index is 405. The van der Waals surface area contributed by atoms with E-state index in [0.717, 1.165) is 24.4 Å². The van der Waals surface area contributed by atoms with Gasteiger partial charge in [0, 0.05) is 7.05 Å². The van der Waals surface area contributed by atoms with Crippen molar-refractivity contribution < 1.29 is 9.53 Å². The van der Waals surface area contributed by atoms with Gasteiger partial charge in [0.25, 0.3) is 0 Å². The van der Waals surface area contributed by atoms with E-state index in [0.29, 0.717) is 6.54 Å². The van der Waals surface area contributed by atoms with Crippen LogP contribution in [0.3, 0.4) is 0 Å². The molecule has 1 aromatic carbocycles. The quantitative estimate of drug-likeness (QED) is 0.837. The Balaban J connectivity index is 2.94. The lowest BCUT2D eigenvalue weighted by Gasteiger charge is -2.21. The summed E-state index contributed by atoms with van der Waals surface area (Å²) in [7, 11) is 3.39. The molecule has 0 aliphatic heterocycles. The Morgan fingerprint density at radius 2 is 2.11 bits per heavy atom. The number of hydrogen-bond acceptors (Lipinski definition) is 3. The lowest BCUT2D eigenvalue weighted by molar-refractivity contribution is -0.117. The summed E-state index contributed by atoms with van der Waals surface area (Å²) in [5, 5.41) is 3.03. The van der Waals surface area contributed by atoms with Gasteiger partial charge in [-0.2, -0.15) is 0 Å². The van der Waals surface area contributed by atoms with Gasteiger partial charge in [-0.1, -0.05) is 19.9 Å². The Morgan fingerprint density at radius 3 is 2.67 bits per heavy atom. The number of nitrogens with one attached hydrogen (secondary N) is 1. The van der Waals surface area contributed by atoms with Crippen LogP contribution >= 0.6 is 0 Å². The third-order valence-electron chi connectivity index (χ3n) is 2.91. The van der Waals surface area contributed by atoms with Gasteiger partial charge >= 0.3 is 0 Å². The molecule has 0 atom stereocenters. The van der Waals surface area contributed by atoms with E-state index in [2.05, 4.69) is 12.2 Å². The Hall–Kier alpha value is -1.55. The van der Waals surface area contributed by atoms with Crippen LogP contribution in [-0.2, 0) is 11.2 Å². The third kappa shape index (κ3) is 3.47. The van der Waals surface area contributed by atoms with E-state index in [1.165, 1.54) is 5.56 Å². The van der Waals surface area contributed by atoms with Gasteiger partial charge in [0.2, 0.25) is 5.91 Å². The fraction of sp³-hybridized carbons (Fsp3) is 0.500. The highest BCUT2D eigenvalue weighted by molar-refractivity contribution is 5.95. The maximum Gasteiger partial charge on any atom is 0.240 e. The van der Waals surface area contributed by atoms with Gasteiger partial charge in [0.05, 0.1) is 19.3 Å². The summed E-state index contributed by atoms with van der Waals surface area (Å²) >= 11 is 0. The average molecular weight is 250 g/mol. The Morgan fingerprint density at radius 1 is 1.39 bits per heavy atom. The van der Waals surface area contributed by atoms with Crippen molar-refractivity contribution in [2.75, 3.05) is 32.1 Å². The van der Waals surface area contributed by atoms with Crippen LogP contribution in [0, 0.1) is 0 Å². The molecule has 0 saturated heterocycles. The number of benzene rings is 1. The van der Waals surface area contributed by atoms with Crippen LogP contribution in [0.25, 0.3) is 0 Å². The normalized spacial score (nSPS) is 10.2. The highest BCUT2D eigenvalue weighted by atomic mass is 16.5. The SMILES string of the molecule is CCNCC(=O)N(C)c1cc(CC)ccc1OC. The number of carbonyl (C=O) groups is 1. The second-order valence-electron chi connectivity index (χ2n) is 4.09. The summed E-state index contributed by atoms with van der Waals surface area (Å²) in [4.78, 5) is 13.6. The molecule has 0 heterocycles. The van der Waals surface area contributed by atoms with Crippen LogP contribution in [0.15, 0.2) is 18.2 Å². The summed E-state index contributed by atoms with van der Waals surface area (Å²) in [6.07, 6.45) is 0.937. The molecule has 0 aliphatic carbocycles. The van der Waals surface area contributed by atoms with Gasteiger partial charge in [0.15, 0.2) is 0 Å². The second kappa shape index (κ2) is 7.01. The Labute approximate surface area is 109 Å². The molecule has 4 heteroatoms. The van der Waals surface area contributed by atoms with Crippen molar-refractivity contribution in [2.45, 2.75) is 20.3 Å². The van der Waals surface area contributed by atoms with Gasteiger partial charge in [-0.15, -0.1) is 0 Å². The molecule has 1 N–H and O–H groups in total. The summed E-state index contributed by atoms with van der Waals surface area (Å²) in [6.45, 7) is 5.19. The molecule has 1 aromatic rings. The maximum absolute atomic E-state index is 12.0. The van der Waals surface area contributed by atoms with E-state index in [1.54, 1.807) is 19.1 Å². The standard InChI is InChI=1S/C14H22N2O2/c1-5-11-7-8-13(18-4)12(9-11)16(3)14(17)10-15-6-2/h7-9,15H,5-6,10H2,1-4H3. The molecule has 0 aromatic heterocycles. The number of hydrogen-bond donors (Lipinski definition) is 1. The van der Waals surface area contributed by atoms with Gasteiger partial charge in [-0.25, -0.2) is 0 Å². The van der Waals surface area contributed by atoms with Crippen molar-refractivity contribution in [1.82, 2.24) is 5.32 Å². The molecule has 0 spiro atoms. The molecule has 18 heavy (non-hydrogen) atoms. The zero-order valence-corrected chi connectivity index (χ0v) is 11.6. The lowest BCUT2D eigenvalue weighted by atomic mass is 10.1. The topological polar surface area (TPSA) is 41.6 Å². The minimum atomic E-state index is 0.0309. The highest BCUT2D eigenvalue weighted by Crippen LogP contribution is 2.28. The first-order valence-corrected chi connectivity index (χ1v) is 6.28. The smallest absolute Gasteiger partial charge is 0.240 e. The van der Waals surface area contributed by atoms with E-state index >= 15 is 0 Å². The van der Waals surface area contributed by atoms with Crippen molar-refractivity contribution >= 4 is 11.6 Å². The monoisotopic (exact) mass is 250 g/mol. The van der Waals surface area contributed by atoms with Crippen molar-refractivity contribution in [2.24, 2.45) is 0 Å². The molecule has 0 fully saturated rings.